The van der Waals surface area contributed by atoms with Gasteiger partial charge in [0.1, 0.15) is 5.69 Å². The van der Waals surface area contributed by atoms with Gasteiger partial charge in [0, 0.05) is 29.9 Å². The summed E-state index contributed by atoms with van der Waals surface area (Å²) in [5.41, 5.74) is 1.87. The fourth-order valence-electron chi connectivity index (χ4n) is 3.66. The normalized spacial score (nSPS) is 11.5. The zero-order valence-electron chi connectivity index (χ0n) is 20.8. The van der Waals surface area contributed by atoms with Gasteiger partial charge in [-0.2, -0.15) is 0 Å². The van der Waals surface area contributed by atoms with Crippen molar-refractivity contribution in [3.8, 4) is 0 Å². The van der Waals surface area contributed by atoms with Gasteiger partial charge in [0.25, 0.3) is 11.8 Å². The van der Waals surface area contributed by atoms with Crippen molar-refractivity contribution in [2.24, 2.45) is 0 Å². The molecule has 0 fully saturated rings. The third-order valence-corrected chi connectivity index (χ3v) is 5.47. The molecule has 0 bridgehead atoms. The number of H-pyrrole nitrogens is 1. The number of aromatic nitrogens is 1. The molecule has 194 valence electrons. The number of carbonyl (C=O) groups excluding carboxylic acids is 5. The molecule has 10 nitrogen and oxygen atoms in total. The fraction of sp³-hybridized carbons (Fsp3) is 0.296. The highest BCUT2D eigenvalue weighted by Crippen LogP contribution is 2.14. The summed E-state index contributed by atoms with van der Waals surface area (Å²) in [6.07, 6.45) is -0.139. The van der Waals surface area contributed by atoms with Crippen molar-refractivity contribution in [2.75, 3.05) is 6.54 Å². The van der Waals surface area contributed by atoms with Gasteiger partial charge in [0.2, 0.25) is 17.6 Å². The van der Waals surface area contributed by atoms with Gasteiger partial charge in [0.05, 0.1) is 12.6 Å². The topological polar surface area (TPSA) is 149 Å². The van der Waals surface area contributed by atoms with Gasteiger partial charge in [-0.15, -0.1) is 0 Å². The van der Waals surface area contributed by atoms with Crippen LogP contribution in [0.4, 0.5) is 0 Å². The Bertz CT molecular complexity index is 1240. The number of fused-ring (bicyclic) bond motifs is 1. The number of hydrogen-bond donors (Lipinski definition) is 5. The lowest BCUT2D eigenvalue weighted by atomic mass is 10.0. The molecule has 2 aromatic carbocycles. The highest BCUT2D eigenvalue weighted by atomic mass is 16.2. The summed E-state index contributed by atoms with van der Waals surface area (Å²) in [6, 6.07) is 16.8. The van der Waals surface area contributed by atoms with E-state index in [9.17, 15) is 24.0 Å². The summed E-state index contributed by atoms with van der Waals surface area (Å²) in [7, 11) is 0. The van der Waals surface area contributed by atoms with E-state index in [1.54, 1.807) is 32.0 Å². The second-order valence-electron chi connectivity index (χ2n) is 8.87. The Morgan fingerprint density at radius 1 is 0.838 bits per heavy atom. The van der Waals surface area contributed by atoms with E-state index in [-0.39, 0.29) is 37.0 Å². The third-order valence-electron chi connectivity index (χ3n) is 5.47. The summed E-state index contributed by atoms with van der Waals surface area (Å²) < 4.78 is 0. The number of amides is 4. The number of benzene rings is 2. The maximum Gasteiger partial charge on any atom is 0.289 e. The van der Waals surface area contributed by atoms with Crippen LogP contribution in [0, 0.1) is 0 Å². The molecule has 1 atom stereocenters. The molecule has 0 aliphatic heterocycles. The lowest BCUT2D eigenvalue weighted by Gasteiger charge is -2.18. The average Bonchev–Trinajstić information content (AvgIpc) is 3.32. The van der Waals surface area contributed by atoms with Crippen LogP contribution in [0.15, 0.2) is 60.7 Å². The minimum Gasteiger partial charge on any atom is -0.354 e. The zero-order valence-corrected chi connectivity index (χ0v) is 20.8. The van der Waals surface area contributed by atoms with E-state index < -0.39 is 36.1 Å². The minimum absolute atomic E-state index is 0.0672. The molecule has 3 aromatic rings. The standard InChI is InChI=1S/C27H31N5O5/c1-17(2)30-23(33)13-12-21(25(35)27(37)28-15-18-8-4-3-5-9-18)32-24(34)16-29-26(36)22-14-19-10-6-7-11-20(19)31-22/h3-11,14,17,21,31H,12-13,15-16H2,1-2H3,(H,28,37)(H,29,36)(H,30,33)(H,32,34). The third kappa shape index (κ3) is 8.31. The Labute approximate surface area is 214 Å². The molecule has 10 heteroatoms. The number of para-hydroxylation sites is 1. The molecule has 0 aliphatic rings. The number of aromatic amines is 1. The van der Waals surface area contributed by atoms with Crippen molar-refractivity contribution in [3.63, 3.8) is 0 Å². The number of nitrogens with one attached hydrogen (secondary N) is 5. The van der Waals surface area contributed by atoms with E-state index >= 15 is 0 Å². The first-order valence-electron chi connectivity index (χ1n) is 12.0. The Morgan fingerprint density at radius 2 is 1.54 bits per heavy atom. The first-order chi connectivity index (χ1) is 17.7. The molecular formula is C27H31N5O5. The smallest absolute Gasteiger partial charge is 0.289 e. The van der Waals surface area contributed by atoms with Crippen LogP contribution in [0.25, 0.3) is 10.9 Å². The lowest BCUT2D eigenvalue weighted by Crippen LogP contribution is -2.50. The summed E-state index contributed by atoms with van der Waals surface area (Å²) in [5.74, 6) is -3.21. The molecule has 0 spiro atoms. The molecule has 0 saturated heterocycles. The van der Waals surface area contributed by atoms with E-state index in [0.717, 1.165) is 16.5 Å². The van der Waals surface area contributed by atoms with E-state index in [4.69, 9.17) is 0 Å². The molecular weight excluding hydrogens is 474 g/mol. The number of carbonyl (C=O) groups is 5. The van der Waals surface area contributed by atoms with Crippen molar-refractivity contribution < 1.29 is 24.0 Å². The second-order valence-corrected chi connectivity index (χ2v) is 8.87. The van der Waals surface area contributed by atoms with Crippen molar-refractivity contribution in [2.45, 2.75) is 45.3 Å². The molecule has 1 heterocycles. The molecule has 37 heavy (non-hydrogen) atoms. The van der Waals surface area contributed by atoms with Gasteiger partial charge in [-0.3, -0.25) is 24.0 Å². The predicted molar refractivity (Wildman–Crippen MR) is 138 cm³/mol. The first-order valence-corrected chi connectivity index (χ1v) is 12.0. The molecule has 5 N–H and O–H groups in total. The summed E-state index contributed by atoms with van der Waals surface area (Å²) in [4.78, 5) is 65.5. The van der Waals surface area contributed by atoms with Gasteiger partial charge < -0.3 is 26.3 Å². The minimum atomic E-state index is -1.23. The van der Waals surface area contributed by atoms with Crippen LogP contribution in [0.5, 0.6) is 0 Å². The summed E-state index contributed by atoms with van der Waals surface area (Å²) in [6.45, 7) is 3.33. The van der Waals surface area contributed by atoms with Crippen LogP contribution < -0.4 is 21.3 Å². The van der Waals surface area contributed by atoms with Gasteiger partial charge in [0.15, 0.2) is 0 Å². The van der Waals surface area contributed by atoms with Gasteiger partial charge in [-0.1, -0.05) is 48.5 Å². The molecule has 3 rings (SSSR count). The molecule has 0 radical (unpaired) electrons. The second kappa shape index (κ2) is 13.0. The number of Topliss-reactive ketones (excluding diaryl/α,β-unsaturated/α-hetero) is 1. The van der Waals surface area contributed by atoms with Crippen molar-refractivity contribution in [3.05, 3.63) is 71.9 Å². The van der Waals surface area contributed by atoms with Crippen LogP contribution in [-0.4, -0.2) is 53.0 Å². The largest absolute Gasteiger partial charge is 0.354 e. The monoisotopic (exact) mass is 505 g/mol. The SMILES string of the molecule is CC(C)NC(=O)CCC(NC(=O)CNC(=O)c1cc2ccccc2[nH]1)C(=O)C(=O)NCc1ccccc1. The van der Waals surface area contributed by atoms with Crippen molar-refractivity contribution in [1.82, 2.24) is 26.3 Å². The maximum absolute atomic E-state index is 12.8. The zero-order chi connectivity index (χ0) is 26.8. The molecule has 4 amide bonds. The van der Waals surface area contributed by atoms with E-state index in [1.807, 2.05) is 42.5 Å². The fourth-order valence-corrected chi connectivity index (χ4v) is 3.66. The highest BCUT2D eigenvalue weighted by Gasteiger charge is 2.27. The Balaban J connectivity index is 1.59. The molecule has 1 unspecified atom stereocenters. The first kappa shape index (κ1) is 27.1. The van der Waals surface area contributed by atoms with Crippen LogP contribution in [0.3, 0.4) is 0 Å². The molecule has 0 saturated carbocycles. The number of hydrogen-bond acceptors (Lipinski definition) is 5. The summed E-state index contributed by atoms with van der Waals surface area (Å²) in [5, 5.41) is 11.1. The van der Waals surface area contributed by atoms with Crippen LogP contribution in [0.1, 0.15) is 42.7 Å². The van der Waals surface area contributed by atoms with Crippen LogP contribution in [0.2, 0.25) is 0 Å². The van der Waals surface area contributed by atoms with Gasteiger partial charge >= 0.3 is 0 Å². The van der Waals surface area contributed by atoms with Crippen LogP contribution >= 0.6 is 0 Å². The van der Waals surface area contributed by atoms with Gasteiger partial charge in [-0.05, 0) is 38.0 Å². The molecule has 0 aliphatic carbocycles. The highest BCUT2D eigenvalue weighted by molar-refractivity contribution is 6.38. The Morgan fingerprint density at radius 3 is 2.24 bits per heavy atom. The average molecular weight is 506 g/mol. The Kier molecular flexibility index (Phi) is 9.54. The van der Waals surface area contributed by atoms with E-state index in [2.05, 4.69) is 26.3 Å². The van der Waals surface area contributed by atoms with Crippen molar-refractivity contribution in [1.29, 1.82) is 0 Å². The predicted octanol–water partition coefficient (Wildman–Crippen LogP) is 1.57. The number of rotatable bonds is 12. The molecule has 1 aromatic heterocycles. The van der Waals surface area contributed by atoms with Gasteiger partial charge in [-0.25, -0.2) is 0 Å². The van der Waals surface area contributed by atoms with Crippen LogP contribution in [-0.2, 0) is 25.7 Å². The Hall–Kier alpha value is -4.47. The number of ketones is 1. The maximum atomic E-state index is 12.8. The van der Waals surface area contributed by atoms with E-state index in [0.29, 0.717) is 0 Å². The quantitative estimate of drug-likeness (QED) is 0.237. The van der Waals surface area contributed by atoms with Crippen molar-refractivity contribution >= 4 is 40.3 Å². The summed E-state index contributed by atoms with van der Waals surface area (Å²) >= 11 is 0. The lowest BCUT2D eigenvalue weighted by molar-refractivity contribution is -0.140. The van der Waals surface area contributed by atoms with E-state index in [1.165, 1.54) is 0 Å².